The fourth-order valence-corrected chi connectivity index (χ4v) is 1.15. The number of hydrogen-bond acceptors (Lipinski definition) is 3. The van der Waals surface area contributed by atoms with Gasteiger partial charge in [-0.05, 0) is 18.6 Å². The zero-order valence-electron chi connectivity index (χ0n) is 8.36. The molecule has 0 aromatic heterocycles. The number of carbonyl (C=O) groups excluding carboxylic acids is 1. The van der Waals surface area contributed by atoms with Gasteiger partial charge in [0.15, 0.2) is 5.78 Å². The minimum atomic E-state index is -0.915. The quantitative estimate of drug-likeness (QED) is 0.741. The van der Waals surface area contributed by atoms with Crippen LogP contribution in [0.1, 0.15) is 23.7 Å². The maximum atomic E-state index is 11.5. The second kappa shape index (κ2) is 4.77. The van der Waals surface area contributed by atoms with Crippen LogP contribution >= 0.6 is 0 Å². The molecule has 0 aliphatic rings. The van der Waals surface area contributed by atoms with Crippen LogP contribution in [0, 0.1) is 0 Å². The average molecular weight is 194 g/mol. The molecule has 1 aromatic carbocycles. The summed E-state index contributed by atoms with van der Waals surface area (Å²) in [5, 5.41) is 9.35. The summed E-state index contributed by atoms with van der Waals surface area (Å²) >= 11 is 0. The predicted octanol–water partition coefficient (Wildman–Crippen LogP) is 1.65. The van der Waals surface area contributed by atoms with Crippen molar-refractivity contribution in [3.8, 4) is 5.75 Å². The summed E-state index contributed by atoms with van der Waals surface area (Å²) in [7, 11) is 1.54. The first-order valence-corrected chi connectivity index (χ1v) is 4.55. The number of Topliss-reactive ketones (excluding diaryl/α,β-unsaturated/α-hetero) is 1. The van der Waals surface area contributed by atoms with Gasteiger partial charge in [0, 0.05) is 5.56 Å². The second-order valence-electron chi connectivity index (χ2n) is 3.02. The van der Waals surface area contributed by atoms with Crippen LogP contribution in [0.4, 0.5) is 0 Å². The van der Waals surface area contributed by atoms with Crippen molar-refractivity contribution in [1.29, 1.82) is 0 Å². The van der Waals surface area contributed by atoms with Gasteiger partial charge in [-0.15, -0.1) is 0 Å². The topological polar surface area (TPSA) is 46.5 Å². The number of benzene rings is 1. The average Bonchev–Trinajstić information content (AvgIpc) is 2.27. The highest BCUT2D eigenvalue weighted by atomic mass is 16.5. The third-order valence-electron chi connectivity index (χ3n) is 2.04. The van der Waals surface area contributed by atoms with Gasteiger partial charge in [-0.1, -0.05) is 19.1 Å². The Hall–Kier alpha value is -1.35. The van der Waals surface area contributed by atoms with E-state index in [0.717, 1.165) is 0 Å². The summed E-state index contributed by atoms with van der Waals surface area (Å²) in [6.07, 6.45) is -0.488. The minimum Gasteiger partial charge on any atom is -0.497 e. The van der Waals surface area contributed by atoms with Gasteiger partial charge in [0.25, 0.3) is 0 Å². The molecule has 0 saturated carbocycles. The van der Waals surface area contributed by atoms with Gasteiger partial charge in [-0.25, -0.2) is 0 Å². The van der Waals surface area contributed by atoms with E-state index in [-0.39, 0.29) is 5.78 Å². The molecule has 0 heterocycles. The molecule has 3 nitrogen and oxygen atoms in total. The van der Waals surface area contributed by atoms with E-state index in [4.69, 9.17) is 4.74 Å². The van der Waals surface area contributed by atoms with Crippen molar-refractivity contribution in [2.45, 2.75) is 19.4 Å². The summed E-state index contributed by atoms with van der Waals surface area (Å²) in [5.41, 5.74) is 0.485. The molecule has 1 N–H and O–H groups in total. The van der Waals surface area contributed by atoms with Crippen LogP contribution in [0.15, 0.2) is 24.3 Å². The molecule has 76 valence electrons. The van der Waals surface area contributed by atoms with E-state index in [0.29, 0.717) is 17.7 Å². The third kappa shape index (κ3) is 2.33. The van der Waals surface area contributed by atoms with Gasteiger partial charge < -0.3 is 9.84 Å². The molecule has 0 spiro atoms. The molecule has 1 unspecified atom stereocenters. The molecule has 1 atom stereocenters. The Balaban J connectivity index is 2.90. The summed E-state index contributed by atoms with van der Waals surface area (Å²) in [4.78, 5) is 11.5. The number of rotatable bonds is 4. The van der Waals surface area contributed by atoms with Gasteiger partial charge >= 0.3 is 0 Å². The number of ether oxygens (including phenoxy) is 1. The monoisotopic (exact) mass is 194 g/mol. The molecule has 0 aliphatic carbocycles. The molecule has 0 fully saturated rings. The Morgan fingerprint density at radius 1 is 1.57 bits per heavy atom. The van der Waals surface area contributed by atoms with Gasteiger partial charge in [0.2, 0.25) is 0 Å². The Bertz CT molecular complexity index is 320. The zero-order valence-corrected chi connectivity index (χ0v) is 8.36. The van der Waals surface area contributed by atoms with Crippen molar-refractivity contribution in [2.24, 2.45) is 0 Å². The summed E-state index contributed by atoms with van der Waals surface area (Å²) < 4.78 is 4.98. The van der Waals surface area contributed by atoms with Crippen molar-refractivity contribution >= 4 is 5.78 Å². The lowest BCUT2D eigenvalue weighted by atomic mass is 10.0. The number of methoxy groups -OCH3 is 1. The largest absolute Gasteiger partial charge is 0.497 e. The molecule has 1 aromatic rings. The van der Waals surface area contributed by atoms with E-state index in [2.05, 4.69) is 0 Å². The predicted molar refractivity (Wildman–Crippen MR) is 53.6 cm³/mol. The van der Waals surface area contributed by atoms with Crippen LogP contribution in [0.3, 0.4) is 0 Å². The lowest BCUT2D eigenvalue weighted by molar-refractivity contribution is 0.0740. The number of hydrogen-bond donors (Lipinski definition) is 1. The van der Waals surface area contributed by atoms with Gasteiger partial charge in [0.1, 0.15) is 11.9 Å². The van der Waals surface area contributed by atoms with E-state index >= 15 is 0 Å². The lowest BCUT2D eigenvalue weighted by Gasteiger charge is -2.07. The highest BCUT2D eigenvalue weighted by Gasteiger charge is 2.14. The first-order valence-electron chi connectivity index (χ1n) is 4.55. The van der Waals surface area contributed by atoms with Crippen LogP contribution < -0.4 is 4.74 Å². The molecule has 14 heavy (non-hydrogen) atoms. The number of aliphatic hydroxyl groups is 1. The number of carbonyl (C=O) groups is 1. The van der Waals surface area contributed by atoms with Crippen molar-refractivity contribution in [3.63, 3.8) is 0 Å². The summed E-state index contributed by atoms with van der Waals surface area (Å²) in [6, 6.07) is 6.79. The standard InChI is InChI=1S/C11H14O3/c1-3-10(12)11(13)8-5-4-6-9(7-8)14-2/h4-7,10,12H,3H2,1-2H3. The van der Waals surface area contributed by atoms with Crippen molar-refractivity contribution in [1.82, 2.24) is 0 Å². The smallest absolute Gasteiger partial charge is 0.191 e. The molecule has 3 heteroatoms. The third-order valence-corrected chi connectivity index (χ3v) is 2.04. The van der Waals surface area contributed by atoms with Crippen molar-refractivity contribution in [2.75, 3.05) is 7.11 Å². The molecule has 0 saturated heterocycles. The van der Waals surface area contributed by atoms with Gasteiger partial charge in [0.05, 0.1) is 7.11 Å². The van der Waals surface area contributed by atoms with Crippen LogP contribution in [0.2, 0.25) is 0 Å². The first-order chi connectivity index (χ1) is 6.69. The Morgan fingerprint density at radius 3 is 2.86 bits per heavy atom. The van der Waals surface area contributed by atoms with E-state index in [1.54, 1.807) is 38.3 Å². The fourth-order valence-electron chi connectivity index (χ4n) is 1.15. The van der Waals surface area contributed by atoms with Crippen LogP contribution in [-0.2, 0) is 0 Å². The molecule has 0 amide bonds. The normalized spacial score (nSPS) is 12.2. The molecule has 0 aliphatic heterocycles. The van der Waals surface area contributed by atoms with E-state index in [9.17, 15) is 9.90 Å². The second-order valence-corrected chi connectivity index (χ2v) is 3.02. The molecule has 0 bridgehead atoms. The first kappa shape index (κ1) is 10.7. The lowest BCUT2D eigenvalue weighted by Crippen LogP contribution is -2.19. The highest BCUT2D eigenvalue weighted by molar-refractivity contribution is 5.99. The van der Waals surface area contributed by atoms with Gasteiger partial charge in [-0.3, -0.25) is 4.79 Å². The maximum Gasteiger partial charge on any atom is 0.191 e. The number of aliphatic hydroxyl groups excluding tert-OH is 1. The summed E-state index contributed by atoms with van der Waals surface area (Å²) in [6.45, 7) is 1.77. The van der Waals surface area contributed by atoms with Gasteiger partial charge in [-0.2, -0.15) is 0 Å². The van der Waals surface area contributed by atoms with Crippen LogP contribution in [0.5, 0.6) is 5.75 Å². The SMILES string of the molecule is CCC(O)C(=O)c1cccc(OC)c1. The zero-order chi connectivity index (χ0) is 10.6. The Labute approximate surface area is 83.3 Å². The Kier molecular flexibility index (Phi) is 3.65. The van der Waals surface area contributed by atoms with Crippen molar-refractivity contribution in [3.05, 3.63) is 29.8 Å². The molecular formula is C11H14O3. The minimum absolute atomic E-state index is 0.258. The maximum absolute atomic E-state index is 11.5. The van der Waals surface area contributed by atoms with Crippen LogP contribution in [0.25, 0.3) is 0 Å². The van der Waals surface area contributed by atoms with Crippen LogP contribution in [-0.4, -0.2) is 24.1 Å². The summed E-state index contributed by atoms with van der Waals surface area (Å²) in [5.74, 6) is 0.366. The molecular weight excluding hydrogens is 180 g/mol. The number of ketones is 1. The highest BCUT2D eigenvalue weighted by Crippen LogP contribution is 2.14. The van der Waals surface area contributed by atoms with Crippen molar-refractivity contribution < 1.29 is 14.6 Å². The molecule has 1 rings (SSSR count). The Morgan fingerprint density at radius 2 is 2.29 bits per heavy atom. The van der Waals surface area contributed by atoms with E-state index in [1.807, 2.05) is 0 Å². The van der Waals surface area contributed by atoms with E-state index in [1.165, 1.54) is 0 Å². The van der Waals surface area contributed by atoms with E-state index < -0.39 is 6.10 Å². The fraction of sp³-hybridized carbons (Fsp3) is 0.364. The molecule has 0 radical (unpaired) electrons.